The molecule has 0 bridgehead atoms. The van der Waals surface area contributed by atoms with Gasteiger partial charge in [-0.05, 0) is 25.1 Å². The number of hydrogen-bond acceptors (Lipinski definition) is 1. The van der Waals surface area contributed by atoms with Crippen LogP contribution in [0.4, 0.5) is 10.1 Å². The highest BCUT2D eigenvalue weighted by Gasteiger charge is 2.28. The van der Waals surface area contributed by atoms with Crippen LogP contribution in [0.3, 0.4) is 0 Å². The summed E-state index contributed by atoms with van der Waals surface area (Å²) >= 11 is 3.19. The zero-order valence-electron chi connectivity index (χ0n) is 10.3. The standard InChI is InChI=1S/C13H16BrFN2O/c1-9(17-6-2-3-7-17)13(18)16-12-5-4-10(14)8-11(12)15/h4-5,8-9H,2-3,6-7H2,1H3,(H,16,18)/p+1/t9-/m0/s1. The minimum absolute atomic E-state index is 0.117. The highest BCUT2D eigenvalue weighted by molar-refractivity contribution is 9.10. The molecule has 0 aliphatic carbocycles. The lowest BCUT2D eigenvalue weighted by atomic mass is 10.2. The summed E-state index contributed by atoms with van der Waals surface area (Å²) in [6.07, 6.45) is 2.33. The van der Waals surface area contributed by atoms with Gasteiger partial charge in [-0.25, -0.2) is 4.39 Å². The Kier molecular flexibility index (Phi) is 4.35. The van der Waals surface area contributed by atoms with Gasteiger partial charge in [0.15, 0.2) is 6.04 Å². The minimum atomic E-state index is -0.415. The van der Waals surface area contributed by atoms with Crippen LogP contribution < -0.4 is 10.2 Å². The topological polar surface area (TPSA) is 33.5 Å². The molecule has 2 rings (SSSR count). The fourth-order valence-electron chi connectivity index (χ4n) is 2.28. The number of benzene rings is 1. The van der Waals surface area contributed by atoms with Gasteiger partial charge in [0, 0.05) is 17.3 Å². The lowest BCUT2D eigenvalue weighted by Gasteiger charge is -2.20. The van der Waals surface area contributed by atoms with E-state index in [1.165, 1.54) is 23.8 Å². The predicted molar refractivity (Wildman–Crippen MR) is 72.1 cm³/mol. The van der Waals surface area contributed by atoms with Crippen LogP contribution >= 0.6 is 15.9 Å². The molecule has 1 aromatic carbocycles. The van der Waals surface area contributed by atoms with Gasteiger partial charge in [-0.15, -0.1) is 0 Å². The number of hydrogen-bond donors (Lipinski definition) is 2. The average Bonchev–Trinajstić information content (AvgIpc) is 2.85. The Hall–Kier alpha value is -0.940. The Morgan fingerprint density at radius 2 is 2.11 bits per heavy atom. The van der Waals surface area contributed by atoms with Crippen molar-refractivity contribution in [1.82, 2.24) is 0 Å². The SMILES string of the molecule is C[C@@H](C(=O)Nc1ccc(Br)cc1F)[NH+]1CCCC1. The third-order valence-electron chi connectivity index (χ3n) is 3.44. The molecule has 0 unspecified atom stereocenters. The van der Waals surface area contributed by atoms with E-state index in [1.54, 1.807) is 12.1 Å². The molecule has 18 heavy (non-hydrogen) atoms. The summed E-state index contributed by atoms with van der Waals surface area (Å²) in [4.78, 5) is 13.3. The van der Waals surface area contributed by atoms with Gasteiger partial charge in [0.2, 0.25) is 0 Å². The van der Waals surface area contributed by atoms with Crippen LogP contribution in [-0.2, 0) is 4.79 Å². The summed E-state index contributed by atoms with van der Waals surface area (Å²) in [5.41, 5.74) is 0.244. The predicted octanol–water partition coefficient (Wildman–Crippen LogP) is 1.59. The lowest BCUT2D eigenvalue weighted by Crippen LogP contribution is -3.14. The maximum Gasteiger partial charge on any atom is 0.282 e. The molecule has 0 aromatic heterocycles. The summed E-state index contributed by atoms with van der Waals surface area (Å²) in [5, 5.41) is 2.66. The van der Waals surface area contributed by atoms with Crippen molar-refractivity contribution in [2.45, 2.75) is 25.8 Å². The second-order valence-corrected chi connectivity index (χ2v) is 5.62. The fourth-order valence-corrected chi connectivity index (χ4v) is 2.61. The number of anilines is 1. The minimum Gasteiger partial charge on any atom is -0.325 e. The second kappa shape index (κ2) is 5.80. The van der Waals surface area contributed by atoms with Crippen molar-refractivity contribution in [3.8, 4) is 0 Å². The monoisotopic (exact) mass is 315 g/mol. The van der Waals surface area contributed by atoms with Gasteiger partial charge in [0.05, 0.1) is 18.8 Å². The third kappa shape index (κ3) is 3.09. The number of likely N-dealkylation sites (tertiary alicyclic amines) is 1. The molecule has 98 valence electrons. The van der Waals surface area contributed by atoms with Crippen LogP contribution in [0, 0.1) is 5.82 Å². The largest absolute Gasteiger partial charge is 0.325 e. The maximum absolute atomic E-state index is 13.6. The van der Waals surface area contributed by atoms with Crippen molar-refractivity contribution < 1.29 is 14.1 Å². The molecule has 1 heterocycles. The van der Waals surface area contributed by atoms with Crippen molar-refractivity contribution in [1.29, 1.82) is 0 Å². The smallest absolute Gasteiger partial charge is 0.282 e. The van der Waals surface area contributed by atoms with Crippen molar-refractivity contribution in [2.24, 2.45) is 0 Å². The van der Waals surface area contributed by atoms with Gasteiger partial charge < -0.3 is 10.2 Å². The molecule has 1 aliphatic rings. The van der Waals surface area contributed by atoms with Gasteiger partial charge >= 0.3 is 0 Å². The first-order valence-electron chi connectivity index (χ1n) is 6.18. The summed E-state index contributed by atoms with van der Waals surface area (Å²) < 4.78 is 14.3. The van der Waals surface area contributed by atoms with Crippen LogP contribution in [0.2, 0.25) is 0 Å². The van der Waals surface area contributed by atoms with Crippen molar-refractivity contribution in [3.63, 3.8) is 0 Å². The number of carbonyl (C=O) groups is 1. The Morgan fingerprint density at radius 3 is 2.72 bits per heavy atom. The number of halogens is 2. The molecule has 1 fully saturated rings. The van der Waals surface area contributed by atoms with Crippen molar-refractivity contribution >= 4 is 27.5 Å². The molecule has 1 atom stereocenters. The van der Waals surface area contributed by atoms with Gasteiger partial charge in [0.25, 0.3) is 5.91 Å². The molecule has 1 saturated heterocycles. The molecule has 5 heteroatoms. The fraction of sp³-hybridized carbons (Fsp3) is 0.462. The van der Waals surface area contributed by atoms with Crippen LogP contribution in [-0.4, -0.2) is 25.0 Å². The summed E-state index contributed by atoms with van der Waals surface area (Å²) in [7, 11) is 0. The molecule has 3 nitrogen and oxygen atoms in total. The molecule has 0 spiro atoms. The normalized spacial score (nSPS) is 17.7. The molecule has 0 radical (unpaired) electrons. The molecular weight excluding hydrogens is 299 g/mol. The Bertz CT molecular complexity index is 447. The third-order valence-corrected chi connectivity index (χ3v) is 3.93. The molecule has 1 amide bonds. The lowest BCUT2D eigenvalue weighted by molar-refractivity contribution is -0.901. The Balaban J connectivity index is 2.01. The molecule has 0 saturated carbocycles. The number of quaternary nitrogens is 1. The maximum atomic E-state index is 13.6. The number of amides is 1. The van der Waals surface area contributed by atoms with Crippen LogP contribution in [0.15, 0.2) is 22.7 Å². The van der Waals surface area contributed by atoms with E-state index >= 15 is 0 Å². The van der Waals surface area contributed by atoms with Crippen LogP contribution in [0.5, 0.6) is 0 Å². The van der Waals surface area contributed by atoms with Crippen molar-refractivity contribution in [2.75, 3.05) is 18.4 Å². The molecule has 1 aliphatic heterocycles. The molecular formula is C13H17BrFN2O+. The first-order chi connectivity index (χ1) is 8.58. The van der Waals surface area contributed by atoms with E-state index in [2.05, 4.69) is 21.2 Å². The van der Waals surface area contributed by atoms with Gasteiger partial charge in [-0.1, -0.05) is 15.9 Å². The van der Waals surface area contributed by atoms with E-state index in [9.17, 15) is 9.18 Å². The van der Waals surface area contributed by atoms with Gasteiger partial charge in [-0.3, -0.25) is 4.79 Å². The second-order valence-electron chi connectivity index (χ2n) is 4.70. The van der Waals surface area contributed by atoms with E-state index in [4.69, 9.17) is 0 Å². The quantitative estimate of drug-likeness (QED) is 0.872. The Morgan fingerprint density at radius 1 is 1.44 bits per heavy atom. The number of nitrogens with one attached hydrogen (secondary N) is 2. The van der Waals surface area contributed by atoms with E-state index in [0.717, 1.165) is 13.1 Å². The first-order valence-corrected chi connectivity index (χ1v) is 6.97. The number of rotatable bonds is 3. The zero-order chi connectivity index (χ0) is 13.1. The van der Waals surface area contributed by atoms with E-state index < -0.39 is 5.82 Å². The van der Waals surface area contributed by atoms with Gasteiger partial charge in [-0.2, -0.15) is 0 Å². The number of carbonyl (C=O) groups excluding carboxylic acids is 1. The van der Waals surface area contributed by atoms with Crippen LogP contribution in [0.1, 0.15) is 19.8 Å². The average molecular weight is 316 g/mol. The van der Waals surface area contributed by atoms with Gasteiger partial charge in [0.1, 0.15) is 5.82 Å². The highest BCUT2D eigenvalue weighted by atomic mass is 79.9. The zero-order valence-corrected chi connectivity index (χ0v) is 11.9. The highest BCUT2D eigenvalue weighted by Crippen LogP contribution is 2.19. The van der Waals surface area contributed by atoms with Crippen molar-refractivity contribution in [3.05, 3.63) is 28.5 Å². The van der Waals surface area contributed by atoms with E-state index in [-0.39, 0.29) is 17.6 Å². The summed E-state index contributed by atoms with van der Waals surface area (Å²) in [5.74, 6) is -0.533. The summed E-state index contributed by atoms with van der Waals surface area (Å²) in [6.45, 7) is 3.95. The molecule has 1 aromatic rings. The van der Waals surface area contributed by atoms with E-state index in [1.807, 2.05) is 6.92 Å². The summed E-state index contributed by atoms with van der Waals surface area (Å²) in [6, 6.07) is 4.51. The Labute approximate surface area is 114 Å². The first kappa shape index (κ1) is 13.5. The van der Waals surface area contributed by atoms with E-state index in [0.29, 0.717) is 4.47 Å². The molecule has 2 N–H and O–H groups in total. The van der Waals surface area contributed by atoms with Crippen LogP contribution in [0.25, 0.3) is 0 Å².